The fraction of sp³-hybridized carbons (Fsp3) is 0.174. The van der Waals surface area contributed by atoms with Gasteiger partial charge in [-0.25, -0.2) is 4.39 Å². The van der Waals surface area contributed by atoms with Gasteiger partial charge < -0.3 is 5.11 Å². The molecule has 0 saturated carbocycles. The molecule has 3 aromatic rings. The van der Waals surface area contributed by atoms with Gasteiger partial charge in [0.2, 0.25) is 0 Å². The zero-order valence-corrected chi connectivity index (χ0v) is 16.9. The lowest BCUT2D eigenvalue weighted by Gasteiger charge is -2.31. The average Bonchev–Trinajstić information content (AvgIpc) is 2.70. The number of benzene rings is 3. The Labute approximate surface area is 172 Å². The number of nitrogens with zero attached hydrogens (tertiary/aromatic N) is 1. The first-order valence-corrected chi connectivity index (χ1v) is 9.92. The van der Waals surface area contributed by atoms with Crippen LogP contribution in [0.25, 0.3) is 0 Å². The monoisotopic (exact) mass is 438 g/mol. The van der Waals surface area contributed by atoms with E-state index in [0.29, 0.717) is 6.42 Å². The Hall–Kier alpha value is -2.50. The van der Waals surface area contributed by atoms with Crippen molar-refractivity contribution >= 4 is 21.6 Å². The largest absolute Gasteiger partial charge is 0.508 e. The molecule has 2 N–H and O–H groups in total. The van der Waals surface area contributed by atoms with E-state index < -0.39 is 6.17 Å². The summed E-state index contributed by atoms with van der Waals surface area (Å²) in [7, 11) is 0. The molecule has 5 heteroatoms. The molecule has 0 fully saturated rings. The highest BCUT2D eigenvalue weighted by Crippen LogP contribution is 2.35. The maximum atomic E-state index is 13.8. The summed E-state index contributed by atoms with van der Waals surface area (Å²) in [4.78, 5) is 4.87. The molecule has 0 spiro atoms. The number of aliphatic imine (C=N–C) groups is 1. The third-order valence-electron chi connectivity index (χ3n) is 4.96. The lowest BCUT2D eigenvalue weighted by Crippen LogP contribution is -2.33. The zero-order chi connectivity index (χ0) is 19.7. The summed E-state index contributed by atoms with van der Waals surface area (Å²) in [6.07, 6.45) is 0.225. The Bertz CT molecular complexity index is 1030. The van der Waals surface area contributed by atoms with Gasteiger partial charge in [0.25, 0.3) is 0 Å². The molecule has 3 aromatic carbocycles. The summed E-state index contributed by atoms with van der Waals surface area (Å²) >= 11 is 3.48. The van der Waals surface area contributed by atoms with Gasteiger partial charge in [-0.3, -0.25) is 10.3 Å². The summed E-state index contributed by atoms with van der Waals surface area (Å²) in [5.74, 6) is -0.0670. The van der Waals surface area contributed by atoms with Crippen LogP contribution in [0.1, 0.15) is 40.9 Å². The van der Waals surface area contributed by atoms with Crippen LogP contribution in [0.3, 0.4) is 0 Å². The van der Waals surface area contributed by atoms with Crippen molar-refractivity contribution in [2.45, 2.75) is 25.6 Å². The minimum absolute atomic E-state index is 0.153. The molecule has 0 amide bonds. The molecule has 1 heterocycles. The molecular formula is C23H20BrFN2O. The Kier molecular flexibility index (Phi) is 5.29. The summed E-state index contributed by atoms with van der Waals surface area (Å²) in [5, 5.41) is 13.9. The van der Waals surface area contributed by atoms with Crippen LogP contribution in [0.4, 0.5) is 4.39 Å². The van der Waals surface area contributed by atoms with E-state index in [1.807, 2.05) is 19.1 Å². The van der Waals surface area contributed by atoms with Gasteiger partial charge in [0.1, 0.15) is 17.7 Å². The summed E-state index contributed by atoms with van der Waals surface area (Å²) in [6.45, 7) is 2.05. The van der Waals surface area contributed by atoms with Gasteiger partial charge in [0.05, 0.1) is 0 Å². The number of hydrogen-bond acceptors (Lipinski definition) is 3. The molecule has 0 unspecified atom stereocenters. The van der Waals surface area contributed by atoms with Gasteiger partial charge in [-0.05, 0) is 48.4 Å². The van der Waals surface area contributed by atoms with E-state index in [1.54, 1.807) is 18.2 Å². The van der Waals surface area contributed by atoms with Crippen molar-refractivity contribution in [3.63, 3.8) is 0 Å². The molecule has 0 aliphatic carbocycles. The van der Waals surface area contributed by atoms with Gasteiger partial charge in [0, 0.05) is 28.2 Å². The molecule has 0 saturated heterocycles. The van der Waals surface area contributed by atoms with E-state index in [-0.39, 0.29) is 17.6 Å². The molecule has 2 atom stereocenters. The standard InChI is InChI=1S/C23H20BrFN2O/c1-14-5-7-15(8-6-14)20-13-21(19-12-17(24)9-10-22(19)28)27-23(26-20)16-3-2-4-18(25)11-16/h2-12,21,23,27-28H,13H2,1H3/t21-,23-/m0/s1. The molecule has 1 aliphatic heterocycles. The number of phenols is 1. The van der Waals surface area contributed by atoms with Crippen molar-refractivity contribution in [2.24, 2.45) is 4.99 Å². The first-order chi connectivity index (χ1) is 13.5. The SMILES string of the molecule is Cc1ccc(C2=N[C@H](c3cccc(F)c3)N[C@H](c3cc(Br)ccc3O)C2)cc1. The molecule has 1 aliphatic rings. The number of halogens is 2. The molecule has 4 rings (SSSR count). The van der Waals surface area contributed by atoms with Gasteiger partial charge in [0.15, 0.2) is 0 Å². The van der Waals surface area contributed by atoms with Crippen molar-refractivity contribution in [3.05, 3.63) is 99.3 Å². The Morgan fingerprint density at radius 3 is 2.61 bits per heavy atom. The third kappa shape index (κ3) is 4.01. The van der Waals surface area contributed by atoms with Crippen molar-refractivity contribution in [1.82, 2.24) is 5.32 Å². The highest BCUT2D eigenvalue weighted by Gasteiger charge is 2.28. The summed E-state index contributed by atoms with van der Waals surface area (Å²) in [6, 6.07) is 19.9. The van der Waals surface area contributed by atoms with Crippen molar-refractivity contribution in [2.75, 3.05) is 0 Å². The molecular weight excluding hydrogens is 419 g/mol. The van der Waals surface area contributed by atoms with E-state index in [2.05, 4.69) is 45.5 Å². The smallest absolute Gasteiger partial charge is 0.126 e. The number of nitrogens with one attached hydrogen (secondary N) is 1. The molecule has 3 nitrogen and oxygen atoms in total. The van der Waals surface area contributed by atoms with E-state index in [1.165, 1.54) is 17.7 Å². The summed E-state index contributed by atoms with van der Waals surface area (Å²) < 4.78 is 14.7. The molecule has 0 aromatic heterocycles. The van der Waals surface area contributed by atoms with Crippen LogP contribution in [0.5, 0.6) is 5.75 Å². The minimum Gasteiger partial charge on any atom is -0.508 e. The fourth-order valence-corrected chi connectivity index (χ4v) is 3.86. The second kappa shape index (κ2) is 7.86. The predicted octanol–water partition coefficient (Wildman–Crippen LogP) is 5.82. The highest BCUT2D eigenvalue weighted by atomic mass is 79.9. The molecule has 28 heavy (non-hydrogen) atoms. The lowest BCUT2D eigenvalue weighted by atomic mass is 9.93. The van der Waals surface area contributed by atoms with Gasteiger partial charge in [-0.1, -0.05) is 57.9 Å². The van der Waals surface area contributed by atoms with Gasteiger partial charge >= 0.3 is 0 Å². The number of aromatic hydroxyl groups is 1. The van der Waals surface area contributed by atoms with Crippen LogP contribution in [0.2, 0.25) is 0 Å². The maximum absolute atomic E-state index is 13.8. The predicted molar refractivity (Wildman–Crippen MR) is 113 cm³/mol. The Morgan fingerprint density at radius 2 is 1.86 bits per heavy atom. The quantitative estimate of drug-likeness (QED) is 0.540. The van der Waals surface area contributed by atoms with Crippen LogP contribution in [0, 0.1) is 12.7 Å². The van der Waals surface area contributed by atoms with Crippen molar-refractivity contribution < 1.29 is 9.50 Å². The lowest BCUT2D eigenvalue weighted by molar-refractivity contribution is 0.411. The topological polar surface area (TPSA) is 44.6 Å². The maximum Gasteiger partial charge on any atom is 0.126 e. The second-order valence-electron chi connectivity index (χ2n) is 7.03. The van der Waals surface area contributed by atoms with Crippen molar-refractivity contribution in [3.8, 4) is 5.75 Å². The number of phenolic OH excluding ortho intramolecular Hbond substituents is 1. The first-order valence-electron chi connectivity index (χ1n) is 9.13. The van der Waals surface area contributed by atoms with Crippen LogP contribution in [-0.4, -0.2) is 10.8 Å². The fourth-order valence-electron chi connectivity index (χ4n) is 3.48. The number of aryl methyl sites for hydroxylation is 1. The summed E-state index contributed by atoms with van der Waals surface area (Å²) in [5.41, 5.74) is 4.69. The number of rotatable bonds is 3. The Morgan fingerprint density at radius 1 is 1.07 bits per heavy atom. The first kappa shape index (κ1) is 18.8. The van der Waals surface area contributed by atoms with Crippen LogP contribution in [-0.2, 0) is 0 Å². The molecule has 0 radical (unpaired) electrons. The number of hydrogen-bond donors (Lipinski definition) is 2. The van der Waals surface area contributed by atoms with E-state index >= 15 is 0 Å². The molecule has 0 bridgehead atoms. The van der Waals surface area contributed by atoms with Crippen LogP contribution >= 0.6 is 15.9 Å². The molecule has 142 valence electrons. The van der Waals surface area contributed by atoms with E-state index in [9.17, 15) is 9.50 Å². The minimum atomic E-state index is -0.399. The van der Waals surface area contributed by atoms with Gasteiger partial charge in [-0.2, -0.15) is 0 Å². The Balaban J connectivity index is 1.77. The third-order valence-corrected chi connectivity index (χ3v) is 5.45. The average molecular weight is 439 g/mol. The van der Waals surface area contributed by atoms with Gasteiger partial charge in [-0.15, -0.1) is 0 Å². The van der Waals surface area contributed by atoms with Crippen molar-refractivity contribution in [1.29, 1.82) is 0 Å². The second-order valence-corrected chi connectivity index (χ2v) is 7.94. The van der Waals surface area contributed by atoms with E-state index in [0.717, 1.165) is 26.9 Å². The highest BCUT2D eigenvalue weighted by molar-refractivity contribution is 9.10. The van der Waals surface area contributed by atoms with Crippen LogP contribution < -0.4 is 5.32 Å². The zero-order valence-electron chi connectivity index (χ0n) is 15.4. The normalized spacial score (nSPS) is 19.3. The van der Waals surface area contributed by atoms with E-state index in [4.69, 9.17) is 4.99 Å². The van der Waals surface area contributed by atoms with Crippen LogP contribution in [0.15, 0.2) is 76.2 Å².